The second-order valence-corrected chi connectivity index (χ2v) is 6.01. The molecule has 0 saturated heterocycles. The molecule has 0 unspecified atom stereocenters. The summed E-state index contributed by atoms with van der Waals surface area (Å²) in [6, 6.07) is 0. The third-order valence-electron chi connectivity index (χ3n) is 3.81. The van der Waals surface area contributed by atoms with Gasteiger partial charge in [-0.2, -0.15) is 13.2 Å². The lowest BCUT2D eigenvalue weighted by molar-refractivity contribution is -0.157. The summed E-state index contributed by atoms with van der Waals surface area (Å²) in [5, 5.41) is 4.87. The Kier molecular flexibility index (Phi) is 6.19. The van der Waals surface area contributed by atoms with Crippen molar-refractivity contribution >= 4 is 11.8 Å². The van der Waals surface area contributed by atoms with Crippen molar-refractivity contribution < 1.29 is 36.0 Å². The molecule has 26 heavy (non-hydrogen) atoms. The molecule has 0 spiro atoms. The molecule has 2 rings (SSSR count). The van der Waals surface area contributed by atoms with Gasteiger partial charge in [0.2, 0.25) is 5.91 Å². The molecule has 1 heterocycles. The molecular formula is C15H18F5N3O3. The molecule has 1 saturated carbocycles. The van der Waals surface area contributed by atoms with Gasteiger partial charge in [0.15, 0.2) is 5.69 Å². The zero-order valence-corrected chi connectivity index (χ0v) is 13.7. The molecule has 1 atom stereocenters. The number of unbranched alkanes of at least 4 members (excludes halogenated alkanes) is 3. The first kappa shape index (κ1) is 20.1. The zero-order valence-electron chi connectivity index (χ0n) is 13.7. The maximum atomic E-state index is 12.6. The quantitative estimate of drug-likeness (QED) is 0.507. The number of carbonyl (C=O) groups excluding carboxylic acids is 2. The second kappa shape index (κ2) is 8.00. The van der Waals surface area contributed by atoms with Crippen LogP contribution < -0.4 is 10.6 Å². The van der Waals surface area contributed by atoms with Gasteiger partial charge in [0, 0.05) is 19.5 Å². The lowest BCUT2D eigenvalue weighted by Crippen LogP contribution is -2.28. The Hall–Kier alpha value is -2.20. The second-order valence-electron chi connectivity index (χ2n) is 6.01. The van der Waals surface area contributed by atoms with E-state index in [1.807, 2.05) is 0 Å². The molecule has 11 heteroatoms. The highest BCUT2D eigenvalue weighted by Gasteiger charge is 2.61. The van der Waals surface area contributed by atoms with Gasteiger partial charge in [-0.25, -0.2) is 13.8 Å². The van der Waals surface area contributed by atoms with E-state index in [2.05, 4.69) is 20.0 Å². The van der Waals surface area contributed by atoms with E-state index in [0.29, 0.717) is 38.5 Å². The molecule has 0 aromatic carbocycles. The first-order valence-corrected chi connectivity index (χ1v) is 8.08. The summed E-state index contributed by atoms with van der Waals surface area (Å²) in [5.41, 5.74) is -0.447. The third-order valence-corrected chi connectivity index (χ3v) is 3.81. The highest BCUT2D eigenvalue weighted by Crippen LogP contribution is 2.48. The monoisotopic (exact) mass is 383 g/mol. The summed E-state index contributed by atoms with van der Waals surface area (Å²) in [6.07, 6.45) is -1.91. The molecule has 1 aliphatic rings. The average Bonchev–Trinajstić information content (AvgIpc) is 2.98. The summed E-state index contributed by atoms with van der Waals surface area (Å²) in [6.45, 7) is 0.546. The van der Waals surface area contributed by atoms with E-state index in [1.54, 1.807) is 0 Å². The fraction of sp³-hybridized carbons (Fsp3) is 0.667. The van der Waals surface area contributed by atoms with Crippen LogP contribution in [0.3, 0.4) is 0 Å². The smallest absolute Gasteiger partial charge is 0.441 e. The number of nitrogens with one attached hydrogen (secondary N) is 2. The number of halogens is 5. The molecule has 146 valence electrons. The normalized spacial score (nSPS) is 18.4. The molecule has 1 aromatic rings. The molecule has 0 bridgehead atoms. The van der Waals surface area contributed by atoms with Gasteiger partial charge in [0.05, 0.1) is 0 Å². The minimum absolute atomic E-state index is 0.244. The standard InChI is InChI=1S/C15H18F5N3O3/c16-14(17)7-9(14)11(24)21-5-3-1-2-4-6-22-12(25)10-8-26-13(23-10)15(18,19)20/h8-9H,1-7H2,(H,21,24)(H,22,25)/t9-/m1/s1. The van der Waals surface area contributed by atoms with E-state index >= 15 is 0 Å². The number of amides is 2. The maximum absolute atomic E-state index is 12.6. The lowest BCUT2D eigenvalue weighted by Gasteiger charge is -2.05. The number of aromatic nitrogens is 1. The third kappa shape index (κ3) is 5.67. The van der Waals surface area contributed by atoms with Crippen molar-refractivity contribution in [2.45, 2.75) is 44.2 Å². The Morgan fingerprint density at radius 2 is 1.73 bits per heavy atom. The fourth-order valence-electron chi connectivity index (χ4n) is 2.24. The predicted octanol–water partition coefficient (Wildman–Crippen LogP) is 2.76. The van der Waals surface area contributed by atoms with E-state index in [0.717, 1.165) is 0 Å². The number of carbonyl (C=O) groups is 2. The van der Waals surface area contributed by atoms with E-state index in [-0.39, 0.29) is 6.54 Å². The van der Waals surface area contributed by atoms with Crippen LogP contribution in [0.1, 0.15) is 48.5 Å². The summed E-state index contributed by atoms with van der Waals surface area (Å²) in [7, 11) is 0. The van der Waals surface area contributed by atoms with E-state index in [1.165, 1.54) is 0 Å². The van der Waals surface area contributed by atoms with Crippen LogP contribution in [0.15, 0.2) is 10.7 Å². The molecule has 1 aromatic heterocycles. The van der Waals surface area contributed by atoms with Crippen LogP contribution in [0.25, 0.3) is 0 Å². The van der Waals surface area contributed by atoms with Crippen molar-refractivity contribution in [1.29, 1.82) is 0 Å². The summed E-state index contributed by atoms with van der Waals surface area (Å²) in [4.78, 5) is 26.0. The van der Waals surface area contributed by atoms with Gasteiger partial charge >= 0.3 is 12.1 Å². The van der Waals surface area contributed by atoms with Crippen LogP contribution in [-0.2, 0) is 11.0 Å². The van der Waals surface area contributed by atoms with Crippen LogP contribution in [-0.4, -0.2) is 35.8 Å². The van der Waals surface area contributed by atoms with Gasteiger partial charge in [-0.1, -0.05) is 12.8 Å². The minimum atomic E-state index is -4.75. The number of alkyl halides is 5. The molecular weight excluding hydrogens is 365 g/mol. The molecule has 2 N–H and O–H groups in total. The van der Waals surface area contributed by atoms with Gasteiger partial charge < -0.3 is 15.1 Å². The van der Waals surface area contributed by atoms with Gasteiger partial charge in [-0.3, -0.25) is 9.59 Å². The Balaban J connectivity index is 1.51. The summed E-state index contributed by atoms with van der Waals surface area (Å²) >= 11 is 0. The van der Waals surface area contributed by atoms with Crippen LogP contribution in [0.5, 0.6) is 0 Å². The molecule has 0 aliphatic heterocycles. The van der Waals surface area contributed by atoms with Crippen LogP contribution in [0, 0.1) is 5.92 Å². The highest BCUT2D eigenvalue weighted by atomic mass is 19.4. The number of nitrogens with zero attached hydrogens (tertiary/aromatic N) is 1. The number of hydrogen-bond donors (Lipinski definition) is 2. The lowest BCUT2D eigenvalue weighted by atomic mass is 10.2. The van der Waals surface area contributed by atoms with Crippen molar-refractivity contribution in [3.63, 3.8) is 0 Å². The van der Waals surface area contributed by atoms with Crippen molar-refractivity contribution in [2.75, 3.05) is 13.1 Å². The number of hydrogen-bond acceptors (Lipinski definition) is 4. The number of oxazole rings is 1. The maximum Gasteiger partial charge on any atom is 0.468 e. The zero-order chi connectivity index (χ0) is 19.4. The van der Waals surface area contributed by atoms with Gasteiger partial charge in [0.25, 0.3) is 11.8 Å². The van der Waals surface area contributed by atoms with Crippen molar-refractivity contribution in [2.24, 2.45) is 5.92 Å². The first-order valence-electron chi connectivity index (χ1n) is 8.08. The fourth-order valence-corrected chi connectivity index (χ4v) is 2.24. The summed E-state index contributed by atoms with van der Waals surface area (Å²) in [5.74, 6) is -6.94. The Labute approximate surface area is 145 Å². The van der Waals surface area contributed by atoms with Crippen LogP contribution in [0.4, 0.5) is 22.0 Å². The average molecular weight is 383 g/mol. The van der Waals surface area contributed by atoms with Crippen molar-refractivity contribution in [3.8, 4) is 0 Å². The Bertz CT molecular complexity index is 645. The highest BCUT2D eigenvalue weighted by molar-refractivity contribution is 5.91. The Morgan fingerprint density at radius 3 is 2.23 bits per heavy atom. The molecule has 2 amide bonds. The molecule has 6 nitrogen and oxygen atoms in total. The minimum Gasteiger partial charge on any atom is -0.441 e. The van der Waals surface area contributed by atoms with Crippen molar-refractivity contribution in [1.82, 2.24) is 15.6 Å². The van der Waals surface area contributed by atoms with Crippen molar-refractivity contribution in [3.05, 3.63) is 17.8 Å². The predicted molar refractivity (Wildman–Crippen MR) is 78.4 cm³/mol. The number of rotatable bonds is 9. The largest absolute Gasteiger partial charge is 0.468 e. The topological polar surface area (TPSA) is 84.2 Å². The van der Waals surface area contributed by atoms with E-state index < -0.39 is 47.8 Å². The molecule has 1 fully saturated rings. The van der Waals surface area contributed by atoms with Gasteiger partial charge in [-0.15, -0.1) is 0 Å². The van der Waals surface area contributed by atoms with Crippen LogP contribution in [0.2, 0.25) is 0 Å². The van der Waals surface area contributed by atoms with E-state index in [4.69, 9.17) is 0 Å². The van der Waals surface area contributed by atoms with Crippen LogP contribution >= 0.6 is 0 Å². The molecule has 1 aliphatic carbocycles. The summed E-state index contributed by atoms with van der Waals surface area (Å²) < 4.78 is 66.4. The first-order chi connectivity index (χ1) is 12.1. The van der Waals surface area contributed by atoms with Gasteiger partial charge in [0.1, 0.15) is 12.2 Å². The SMILES string of the molecule is O=C(NCCCCCCNC(=O)[C@H]1CC1(F)F)c1coc(C(F)(F)F)n1. The Morgan fingerprint density at radius 1 is 1.15 bits per heavy atom. The molecule has 0 radical (unpaired) electrons. The van der Waals surface area contributed by atoms with E-state index in [9.17, 15) is 31.5 Å². The van der Waals surface area contributed by atoms with Gasteiger partial charge in [-0.05, 0) is 12.8 Å².